The Bertz CT molecular complexity index is 416. The molecule has 0 heterocycles. The molecule has 0 saturated carbocycles. The van der Waals surface area contributed by atoms with Gasteiger partial charge in [0.15, 0.2) is 6.29 Å². The molecule has 2 heteroatoms. The van der Waals surface area contributed by atoms with Crippen molar-refractivity contribution in [3.05, 3.63) is 29.8 Å². The zero-order chi connectivity index (χ0) is 15.4. The fourth-order valence-electron chi connectivity index (χ4n) is 3.00. The first-order chi connectivity index (χ1) is 9.15. The van der Waals surface area contributed by atoms with Gasteiger partial charge in [-0.05, 0) is 42.7 Å². The topological polar surface area (TPSA) is 18.5 Å². The maximum Gasteiger partial charge on any atom is 0.196 e. The first-order valence-electron chi connectivity index (χ1n) is 7.53. The highest BCUT2D eigenvalue weighted by atomic mass is 16.7. The van der Waals surface area contributed by atoms with Crippen molar-refractivity contribution in [2.75, 3.05) is 6.61 Å². The molecular formula is C18H30O2. The fourth-order valence-corrected chi connectivity index (χ4v) is 3.00. The number of para-hydroxylation sites is 1. The lowest BCUT2D eigenvalue weighted by atomic mass is 9.72. The highest BCUT2D eigenvalue weighted by Gasteiger charge is 2.30. The van der Waals surface area contributed by atoms with E-state index in [1.54, 1.807) is 0 Å². The molecule has 0 spiro atoms. The minimum Gasteiger partial charge on any atom is -0.465 e. The maximum atomic E-state index is 5.96. The monoisotopic (exact) mass is 278 g/mol. The second-order valence-corrected chi connectivity index (χ2v) is 7.26. The summed E-state index contributed by atoms with van der Waals surface area (Å²) < 4.78 is 11.5. The molecule has 0 bridgehead atoms. The van der Waals surface area contributed by atoms with E-state index in [4.69, 9.17) is 9.47 Å². The quantitative estimate of drug-likeness (QED) is 0.669. The molecule has 0 aromatic heterocycles. The van der Waals surface area contributed by atoms with Crippen molar-refractivity contribution < 1.29 is 9.47 Å². The third-order valence-electron chi connectivity index (χ3n) is 3.28. The molecule has 1 rings (SSSR count). The van der Waals surface area contributed by atoms with Gasteiger partial charge in [0.1, 0.15) is 5.75 Å². The molecule has 1 unspecified atom stereocenters. The van der Waals surface area contributed by atoms with Gasteiger partial charge in [-0.2, -0.15) is 0 Å². The molecule has 0 amide bonds. The summed E-state index contributed by atoms with van der Waals surface area (Å²) in [7, 11) is 0. The molecule has 0 saturated heterocycles. The summed E-state index contributed by atoms with van der Waals surface area (Å²) in [5, 5.41) is 0. The van der Waals surface area contributed by atoms with E-state index < -0.39 is 0 Å². The molecule has 0 aliphatic heterocycles. The second-order valence-electron chi connectivity index (χ2n) is 7.26. The van der Waals surface area contributed by atoms with Crippen LogP contribution >= 0.6 is 0 Å². The van der Waals surface area contributed by atoms with Crippen molar-refractivity contribution in [3.8, 4) is 5.75 Å². The Morgan fingerprint density at radius 1 is 1.05 bits per heavy atom. The minimum absolute atomic E-state index is 0.0702. The van der Waals surface area contributed by atoms with Crippen LogP contribution in [0, 0.1) is 5.41 Å². The molecule has 0 fully saturated rings. The first kappa shape index (κ1) is 17.0. The van der Waals surface area contributed by atoms with Gasteiger partial charge in [0, 0.05) is 6.61 Å². The van der Waals surface area contributed by atoms with E-state index in [9.17, 15) is 0 Å². The third kappa shape index (κ3) is 5.16. The van der Waals surface area contributed by atoms with Crippen LogP contribution in [0.1, 0.15) is 60.5 Å². The highest BCUT2D eigenvalue weighted by molar-refractivity contribution is 5.39. The molecule has 0 aliphatic carbocycles. The van der Waals surface area contributed by atoms with Gasteiger partial charge in [0.25, 0.3) is 0 Å². The summed E-state index contributed by atoms with van der Waals surface area (Å²) in [6.45, 7) is 16.0. The molecule has 2 nitrogen and oxygen atoms in total. The SMILES string of the molecule is CCOC(C)Oc1ccccc1C(C)(C)CC(C)(C)C. The average Bonchev–Trinajstić information content (AvgIpc) is 2.26. The van der Waals surface area contributed by atoms with Crippen LogP contribution in [-0.4, -0.2) is 12.9 Å². The Morgan fingerprint density at radius 3 is 2.20 bits per heavy atom. The largest absolute Gasteiger partial charge is 0.465 e. The van der Waals surface area contributed by atoms with Crippen LogP contribution in [0.2, 0.25) is 0 Å². The van der Waals surface area contributed by atoms with E-state index in [1.807, 2.05) is 26.0 Å². The molecule has 0 N–H and O–H groups in total. The summed E-state index contributed by atoms with van der Waals surface area (Å²) in [6, 6.07) is 8.30. The molecule has 1 atom stereocenters. The van der Waals surface area contributed by atoms with E-state index in [1.165, 1.54) is 5.56 Å². The molecule has 0 aliphatic rings. The number of rotatable bonds is 6. The zero-order valence-corrected chi connectivity index (χ0v) is 14.1. The van der Waals surface area contributed by atoms with Crippen molar-refractivity contribution >= 4 is 0 Å². The summed E-state index contributed by atoms with van der Waals surface area (Å²) in [5.74, 6) is 0.933. The van der Waals surface area contributed by atoms with E-state index in [2.05, 4.69) is 46.8 Å². The lowest BCUT2D eigenvalue weighted by Gasteiger charge is -2.34. The lowest BCUT2D eigenvalue weighted by molar-refractivity contribution is -0.0622. The van der Waals surface area contributed by atoms with Gasteiger partial charge >= 0.3 is 0 Å². The van der Waals surface area contributed by atoms with Crippen LogP contribution in [0.15, 0.2) is 24.3 Å². The van der Waals surface area contributed by atoms with Gasteiger partial charge in [-0.15, -0.1) is 0 Å². The Labute approximate surface area is 124 Å². The molecule has 1 aromatic carbocycles. The van der Waals surface area contributed by atoms with Gasteiger partial charge < -0.3 is 9.47 Å². The molecule has 20 heavy (non-hydrogen) atoms. The molecular weight excluding hydrogens is 248 g/mol. The van der Waals surface area contributed by atoms with Crippen molar-refractivity contribution in [2.24, 2.45) is 5.41 Å². The van der Waals surface area contributed by atoms with Crippen LogP contribution in [0.4, 0.5) is 0 Å². The smallest absolute Gasteiger partial charge is 0.196 e. The van der Waals surface area contributed by atoms with E-state index >= 15 is 0 Å². The van der Waals surface area contributed by atoms with Crippen molar-refractivity contribution in [1.29, 1.82) is 0 Å². The second kappa shape index (κ2) is 6.62. The summed E-state index contributed by atoms with van der Waals surface area (Å²) in [5.41, 5.74) is 1.60. The summed E-state index contributed by atoms with van der Waals surface area (Å²) in [4.78, 5) is 0. The number of hydrogen-bond donors (Lipinski definition) is 0. The maximum absolute atomic E-state index is 5.96. The number of benzene rings is 1. The van der Waals surface area contributed by atoms with Gasteiger partial charge in [-0.1, -0.05) is 52.8 Å². The van der Waals surface area contributed by atoms with Gasteiger partial charge in [0.2, 0.25) is 0 Å². The third-order valence-corrected chi connectivity index (χ3v) is 3.28. The van der Waals surface area contributed by atoms with Gasteiger partial charge in [-0.3, -0.25) is 0 Å². The normalized spacial score (nSPS) is 14.2. The van der Waals surface area contributed by atoms with E-state index in [0.717, 1.165) is 12.2 Å². The Morgan fingerprint density at radius 2 is 1.65 bits per heavy atom. The average molecular weight is 278 g/mol. The lowest BCUT2D eigenvalue weighted by Crippen LogP contribution is -2.26. The van der Waals surface area contributed by atoms with Crippen molar-refractivity contribution in [3.63, 3.8) is 0 Å². The van der Waals surface area contributed by atoms with Crippen LogP contribution in [0.25, 0.3) is 0 Å². The number of ether oxygens (including phenoxy) is 2. The molecule has 1 aromatic rings. The Hall–Kier alpha value is -1.02. The Balaban J connectivity index is 3.00. The molecule has 114 valence electrons. The predicted molar refractivity (Wildman–Crippen MR) is 85.3 cm³/mol. The number of hydrogen-bond acceptors (Lipinski definition) is 2. The van der Waals surface area contributed by atoms with Gasteiger partial charge in [0.05, 0.1) is 0 Å². The minimum atomic E-state index is -0.216. The van der Waals surface area contributed by atoms with Crippen LogP contribution < -0.4 is 4.74 Å². The van der Waals surface area contributed by atoms with Crippen molar-refractivity contribution in [2.45, 2.75) is 66.6 Å². The highest BCUT2D eigenvalue weighted by Crippen LogP contribution is 2.40. The summed E-state index contributed by atoms with van der Waals surface area (Å²) >= 11 is 0. The predicted octanol–water partition coefficient (Wildman–Crippen LogP) is 5.16. The van der Waals surface area contributed by atoms with E-state index in [0.29, 0.717) is 6.61 Å². The van der Waals surface area contributed by atoms with Crippen molar-refractivity contribution in [1.82, 2.24) is 0 Å². The molecule has 0 radical (unpaired) electrons. The standard InChI is InChI=1S/C18H30O2/c1-8-19-14(2)20-16-12-10-9-11-15(16)18(6,7)13-17(3,4)5/h9-12,14H,8,13H2,1-7H3. The zero-order valence-electron chi connectivity index (χ0n) is 14.1. The first-order valence-corrected chi connectivity index (χ1v) is 7.53. The van der Waals surface area contributed by atoms with Crippen LogP contribution in [-0.2, 0) is 10.2 Å². The van der Waals surface area contributed by atoms with Gasteiger partial charge in [-0.25, -0.2) is 0 Å². The van der Waals surface area contributed by atoms with Crippen LogP contribution in [0.5, 0.6) is 5.75 Å². The Kier molecular flexibility index (Phi) is 5.64. The fraction of sp³-hybridized carbons (Fsp3) is 0.667. The summed E-state index contributed by atoms with van der Waals surface area (Å²) in [6.07, 6.45) is 0.884. The van der Waals surface area contributed by atoms with E-state index in [-0.39, 0.29) is 17.1 Å². The van der Waals surface area contributed by atoms with Crippen LogP contribution in [0.3, 0.4) is 0 Å².